The third kappa shape index (κ3) is 6.44. The van der Waals surface area contributed by atoms with Crippen LogP contribution < -0.4 is 10.6 Å². The quantitative estimate of drug-likeness (QED) is 0.454. The SMILES string of the molecule is CS(=O)(=O)c1ccc(CNC(=O)C(CCC2CCCCC2)NC=N)cc1. The lowest BCUT2D eigenvalue weighted by Crippen LogP contribution is -2.43. The number of hydrogen-bond donors (Lipinski definition) is 3. The zero-order chi connectivity index (χ0) is 19.0. The van der Waals surface area contributed by atoms with Gasteiger partial charge in [-0.15, -0.1) is 0 Å². The van der Waals surface area contributed by atoms with E-state index in [1.807, 2.05) is 0 Å². The van der Waals surface area contributed by atoms with E-state index in [1.54, 1.807) is 24.3 Å². The number of rotatable bonds is 9. The summed E-state index contributed by atoms with van der Waals surface area (Å²) in [7, 11) is -3.21. The van der Waals surface area contributed by atoms with Gasteiger partial charge in [0.2, 0.25) is 5.91 Å². The standard InChI is InChI=1S/C19H29N3O3S/c1-26(24,25)17-10-7-16(8-11-17)13-21-19(23)18(22-14-20)12-9-15-5-3-2-4-6-15/h7-8,10-11,14-15,18H,2-6,9,12-13H2,1H3,(H2,20,22)(H,21,23). The van der Waals surface area contributed by atoms with E-state index in [0.29, 0.717) is 12.5 Å². The second-order valence-corrected chi connectivity index (χ2v) is 9.09. The van der Waals surface area contributed by atoms with Crippen molar-refractivity contribution in [2.24, 2.45) is 5.92 Å². The van der Waals surface area contributed by atoms with Crippen LogP contribution in [0, 0.1) is 11.3 Å². The highest BCUT2D eigenvalue weighted by Gasteiger charge is 2.20. The van der Waals surface area contributed by atoms with Crippen molar-refractivity contribution in [3.63, 3.8) is 0 Å². The van der Waals surface area contributed by atoms with Crippen molar-refractivity contribution in [3.05, 3.63) is 29.8 Å². The molecule has 0 heterocycles. The van der Waals surface area contributed by atoms with Gasteiger partial charge < -0.3 is 10.6 Å². The number of benzene rings is 1. The average Bonchev–Trinajstić information content (AvgIpc) is 2.63. The lowest BCUT2D eigenvalue weighted by Gasteiger charge is -2.24. The Kier molecular flexibility index (Phi) is 7.63. The Morgan fingerprint density at radius 2 is 1.88 bits per heavy atom. The van der Waals surface area contributed by atoms with Crippen LogP contribution in [0.5, 0.6) is 0 Å². The second-order valence-electron chi connectivity index (χ2n) is 7.08. The van der Waals surface area contributed by atoms with Crippen molar-refractivity contribution < 1.29 is 13.2 Å². The molecule has 1 aromatic carbocycles. The van der Waals surface area contributed by atoms with Gasteiger partial charge in [0.25, 0.3) is 0 Å². The van der Waals surface area contributed by atoms with Gasteiger partial charge in [-0.1, -0.05) is 44.2 Å². The molecular formula is C19H29N3O3S. The molecule has 0 aromatic heterocycles. The number of nitrogens with one attached hydrogen (secondary N) is 3. The molecule has 1 saturated carbocycles. The first-order valence-corrected chi connectivity index (χ1v) is 11.1. The molecule has 1 unspecified atom stereocenters. The first-order chi connectivity index (χ1) is 12.4. The molecule has 26 heavy (non-hydrogen) atoms. The predicted molar refractivity (Wildman–Crippen MR) is 103 cm³/mol. The van der Waals surface area contributed by atoms with E-state index in [-0.39, 0.29) is 10.8 Å². The topological polar surface area (TPSA) is 99.1 Å². The molecule has 1 atom stereocenters. The minimum absolute atomic E-state index is 0.128. The molecule has 0 saturated heterocycles. The van der Waals surface area contributed by atoms with Crippen LogP contribution in [0.4, 0.5) is 0 Å². The van der Waals surface area contributed by atoms with E-state index >= 15 is 0 Å². The molecule has 2 rings (SSSR count). The van der Waals surface area contributed by atoms with Gasteiger partial charge >= 0.3 is 0 Å². The number of carbonyl (C=O) groups is 1. The fraction of sp³-hybridized carbons (Fsp3) is 0.579. The molecule has 6 nitrogen and oxygen atoms in total. The van der Waals surface area contributed by atoms with Crippen LogP contribution in [0.1, 0.15) is 50.5 Å². The van der Waals surface area contributed by atoms with E-state index in [2.05, 4.69) is 10.6 Å². The fourth-order valence-electron chi connectivity index (χ4n) is 3.44. The van der Waals surface area contributed by atoms with Crippen LogP contribution in [-0.4, -0.2) is 33.0 Å². The summed E-state index contributed by atoms with van der Waals surface area (Å²) >= 11 is 0. The summed E-state index contributed by atoms with van der Waals surface area (Å²) in [5.41, 5.74) is 0.839. The zero-order valence-electron chi connectivity index (χ0n) is 15.3. The summed E-state index contributed by atoms with van der Waals surface area (Å²) in [4.78, 5) is 12.7. The number of hydrogen-bond acceptors (Lipinski definition) is 4. The predicted octanol–water partition coefficient (Wildman–Crippen LogP) is 2.63. The van der Waals surface area contributed by atoms with Gasteiger partial charge in [0.15, 0.2) is 9.84 Å². The highest BCUT2D eigenvalue weighted by Crippen LogP contribution is 2.27. The Labute approximate surface area is 156 Å². The van der Waals surface area contributed by atoms with E-state index < -0.39 is 15.9 Å². The molecule has 0 radical (unpaired) electrons. The zero-order valence-corrected chi connectivity index (χ0v) is 16.1. The van der Waals surface area contributed by atoms with Crippen LogP contribution in [0.3, 0.4) is 0 Å². The summed E-state index contributed by atoms with van der Waals surface area (Å²) in [5.74, 6) is 0.562. The summed E-state index contributed by atoms with van der Waals surface area (Å²) in [5, 5.41) is 13.0. The van der Waals surface area contributed by atoms with E-state index in [4.69, 9.17) is 5.41 Å². The van der Waals surface area contributed by atoms with Crippen molar-refractivity contribution in [2.45, 2.75) is 62.4 Å². The van der Waals surface area contributed by atoms with E-state index in [9.17, 15) is 13.2 Å². The molecule has 1 fully saturated rings. The molecule has 1 aliphatic rings. The van der Waals surface area contributed by atoms with Crippen molar-refractivity contribution in [2.75, 3.05) is 6.26 Å². The highest BCUT2D eigenvalue weighted by atomic mass is 32.2. The molecule has 3 N–H and O–H groups in total. The maximum atomic E-state index is 12.4. The summed E-state index contributed by atoms with van der Waals surface area (Å²) in [6, 6.07) is 6.11. The molecule has 144 valence electrons. The van der Waals surface area contributed by atoms with Gasteiger partial charge in [0, 0.05) is 12.8 Å². The molecule has 0 aliphatic heterocycles. The van der Waals surface area contributed by atoms with Crippen LogP contribution in [0.2, 0.25) is 0 Å². The average molecular weight is 380 g/mol. The van der Waals surface area contributed by atoms with Crippen LogP contribution in [0.15, 0.2) is 29.2 Å². The first-order valence-electron chi connectivity index (χ1n) is 9.22. The van der Waals surface area contributed by atoms with Gasteiger partial charge in [0.05, 0.1) is 11.2 Å². The summed E-state index contributed by atoms with van der Waals surface area (Å²) in [6.45, 7) is 0.336. The van der Waals surface area contributed by atoms with Gasteiger partial charge in [-0.3, -0.25) is 10.2 Å². The molecule has 1 amide bonds. The molecular weight excluding hydrogens is 350 g/mol. The molecule has 1 aliphatic carbocycles. The van der Waals surface area contributed by atoms with Gasteiger partial charge in [-0.2, -0.15) is 0 Å². The molecule has 7 heteroatoms. The third-order valence-corrected chi connectivity index (χ3v) is 6.14. The monoisotopic (exact) mass is 379 g/mol. The smallest absolute Gasteiger partial charge is 0.242 e. The highest BCUT2D eigenvalue weighted by molar-refractivity contribution is 7.90. The minimum Gasteiger partial charge on any atom is -0.365 e. The van der Waals surface area contributed by atoms with Gasteiger partial charge in [-0.25, -0.2) is 8.42 Å². The minimum atomic E-state index is -3.21. The van der Waals surface area contributed by atoms with Crippen molar-refractivity contribution >= 4 is 22.1 Å². The maximum absolute atomic E-state index is 12.4. The largest absolute Gasteiger partial charge is 0.365 e. The van der Waals surface area contributed by atoms with E-state index in [0.717, 1.165) is 24.7 Å². The summed E-state index contributed by atoms with van der Waals surface area (Å²) in [6.07, 6.45) is 10.3. The van der Waals surface area contributed by atoms with Gasteiger partial charge in [0.1, 0.15) is 6.04 Å². The van der Waals surface area contributed by atoms with Crippen LogP contribution in [0.25, 0.3) is 0 Å². The molecule has 1 aromatic rings. The maximum Gasteiger partial charge on any atom is 0.242 e. The lowest BCUT2D eigenvalue weighted by atomic mass is 9.85. The van der Waals surface area contributed by atoms with Crippen LogP contribution >= 0.6 is 0 Å². The van der Waals surface area contributed by atoms with Gasteiger partial charge in [-0.05, 0) is 36.5 Å². The van der Waals surface area contributed by atoms with Crippen molar-refractivity contribution in [1.82, 2.24) is 10.6 Å². The Morgan fingerprint density at radius 1 is 1.23 bits per heavy atom. The first kappa shape index (κ1) is 20.4. The van der Waals surface area contributed by atoms with Crippen molar-refractivity contribution in [3.8, 4) is 0 Å². The molecule has 0 bridgehead atoms. The number of carbonyl (C=O) groups excluding carboxylic acids is 1. The second kappa shape index (κ2) is 9.71. The fourth-order valence-corrected chi connectivity index (χ4v) is 4.07. The number of amides is 1. The number of sulfone groups is 1. The Balaban J connectivity index is 1.85. The van der Waals surface area contributed by atoms with E-state index in [1.165, 1.54) is 38.4 Å². The Bertz CT molecular complexity index is 695. The third-order valence-electron chi connectivity index (χ3n) is 5.01. The lowest BCUT2D eigenvalue weighted by molar-refractivity contribution is -0.123. The Morgan fingerprint density at radius 3 is 2.46 bits per heavy atom. The summed E-state index contributed by atoms with van der Waals surface area (Å²) < 4.78 is 22.9. The molecule has 0 spiro atoms. The normalized spacial score (nSPS) is 16.7. The Hall–Kier alpha value is -1.89. The van der Waals surface area contributed by atoms with Crippen molar-refractivity contribution in [1.29, 1.82) is 5.41 Å². The van der Waals surface area contributed by atoms with Crippen LogP contribution in [-0.2, 0) is 21.2 Å².